The van der Waals surface area contributed by atoms with Crippen LogP contribution in [0.25, 0.3) is 0 Å². The van der Waals surface area contributed by atoms with Crippen LogP contribution in [0.15, 0.2) is 46.9 Å². The van der Waals surface area contributed by atoms with Crippen molar-refractivity contribution in [2.24, 2.45) is 5.73 Å². The first-order chi connectivity index (χ1) is 9.58. The Balaban J connectivity index is 1.98. The summed E-state index contributed by atoms with van der Waals surface area (Å²) in [5.41, 5.74) is 7.23. The number of nitrogens with two attached hydrogens (primary N) is 1. The molecule has 4 heteroatoms. The zero-order valence-corrected chi connectivity index (χ0v) is 12.5. The molecule has 0 bridgehead atoms. The van der Waals surface area contributed by atoms with Crippen molar-refractivity contribution >= 4 is 15.9 Å². The number of rotatable bonds is 5. The molecule has 1 nitrogen and oxygen atoms in total. The summed E-state index contributed by atoms with van der Waals surface area (Å²) in [5, 5.41) is 0. The molecule has 2 aromatic carbocycles. The Morgan fingerprint density at radius 3 is 2.45 bits per heavy atom. The summed E-state index contributed by atoms with van der Waals surface area (Å²) in [5.74, 6) is -1.10. The average molecular weight is 340 g/mol. The van der Waals surface area contributed by atoms with Crippen molar-refractivity contribution < 1.29 is 8.78 Å². The van der Waals surface area contributed by atoms with Crippen molar-refractivity contribution in [2.45, 2.75) is 25.3 Å². The lowest BCUT2D eigenvalue weighted by atomic mass is 9.99. The van der Waals surface area contributed by atoms with Gasteiger partial charge in [0.05, 0.1) is 4.47 Å². The largest absolute Gasteiger partial charge is 0.327 e. The summed E-state index contributed by atoms with van der Waals surface area (Å²) in [6, 6.07) is 12.3. The fourth-order valence-electron chi connectivity index (χ4n) is 2.12. The van der Waals surface area contributed by atoms with Crippen molar-refractivity contribution in [1.29, 1.82) is 0 Å². The first-order valence-corrected chi connectivity index (χ1v) is 7.29. The number of benzene rings is 2. The molecule has 2 N–H and O–H groups in total. The third kappa shape index (κ3) is 3.87. The van der Waals surface area contributed by atoms with E-state index in [2.05, 4.69) is 15.9 Å². The zero-order valence-electron chi connectivity index (χ0n) is 11.0. The van der Waals surface area contributed by atoms with Crippen molar-refractivity contribution in [1.82, 2.24) is 0 Å². The number of hydrogen-bond donors (Lipinski definition) is 1. The van der Waals surface area contributed by atoms with Crippen LogP contribution in [0.2, 0.25) is 0 Å². The highest BCUT2D eigenvalue weighted by Crippen LogP contribution is 2.23. The SMILES string of the molecule is NC(CCc1ccccc1)Cc1c(F)ccc(Br)c1F. The quantitative estimate of drug-likeness (QED) is 0.810. The smallest absolute Gasteiger partial charge is 0.143 e. The minimum absolute atomic E-state index is 0.0555. The Hall–Kier alpha value is -1.26. The molecular formula is C16H16BrF2N. The lowest BCUT2D eigenvalue weighted by Crippen LogP contribution is -2.24. The molecule has 0 saturated carbocycles. The van der Waals surface area contributed by atoms with E-state index in [4.69, 9.17) is 5.73 Å². The van der Waals surface area contributed by atoms with Crippen LogP contribution in [-0.4, -0.2) is 6.04 Å². The van der Waals surface area contributed by atoms with Crippen molar-refractivity contribution in [3.05, 3.63) is 69.7 Å². The lowest BCUT2D eigenvalue weighted by molar-refractivity contribution is 0.520. The highest BCUT2D eigenvalue weighted by atomic mass is 79.9. The molecule has 0 aliphatic rings. The molecule has 20 heavy (non-hydrogen) atoms. The minimum atomic E-state index is -0.555. The first kappa shape index (κ1) is 15.1. The van der Waals surface area contributed by atoms with E-state index < -0.39 is 11.6 Å². The van der Waals surface area contributed by atoms with Crippen LogP contribution in [0.5, 0.6) is 0 Å². The maximum absolute atomic E-state index is 13.8. The van der Waals surface area contributed by atoms with E-state index in [9.17, 15) is 8.78 Å². The second kappa shape index (κ2) is 6.95. The van der Waals surface area contributed by atoms with Crippen LogP contribution in [0, 0.1) is 11.6 Å². The number of aryl methyl sites for hydroxylation is 1. The molecule has 0 aliphatic heterocycles. The molecule has 0 fully saturated rings. The predicted molar refractivity (Wildman–Crippen MR) is 80.5 cm³/mol. The molecule has 0 heterocycles. The molecule has 2 aromatic rings. The Morgan fingerprint density at radius 2 is 1.75 bits per heavy atom. The Morgan fingerprint density at radius 1 is 1.05 bits per heavy atom. The normalized spacial score (nSPS) is 12.4. The zero-order chi connectivity index (χ0) is 14.5. The van der Waals surface area contributed by atoms with E-state index in [0.717, 1.165) is 6.42 Å². The van der Waals surface area contributed by atoms with Gasteiger partial charge >= 0.3 is 0 Å². The molecule has 1 atom stereocenters. The van der Waals surface area contributed by atoms with Crippen molar-refractivity contribution in [2.75, 3.05) is 0 Å². The summed E-state index contributed by atoms with van der Waals surface area (Å²) < 4.78 is 27.7. The predicted octanol–water partition coefficient (Wildman–Crippen LogP) is 4.23. The summed E-state index contributed by atoms with van der Waals surface area (Å²) >= 11 is 3.06. The average Bonchev–Trinajstić information content (AvgIpc) is 2.46. The van der Waals surface area contributed by atoms with Gasteiger partial charge in [0.15, 0.2) is 0 Å². The molecule has 2 rings (SSSR count). The van der Waals surface area contributed by atoms with Crippen LogP contribution in [0.4, 0.5) is 8.78 Å². The van der Waals surface area contributed by atoms with Gasteiger partial charge in [0.1, 0.15) is 11.6 Å². The Bertz CT molecular complexity index is 572. The number of halogens is 3. The van der Waals surface area contributed by atoms with Gasteiger partial charge in [-0.3, -0.25) is 0 Å². The first-order valence-electron chi connectivity index (χ1n) is 6.50. The van der Waals surface area contributed by atoms with E-state index in [-0.39, 0.29) is 22.5 Å². The molecule has 0 spiro atoms. The second-order valence-electron chi connectivity index (χ2n) is 4.81. The van der Waals surface area contributed by atoms with Gasteiger partial charge < -0.3 is 5.73 Å². The maximum Gasteiger partial charge on any atom is 0.143 e. The van der Waals surface area contributed by atoms with Gasteiger partial charge in [-0.2, -0.15) is 0 Å². The minimum Gasteiger partial charge on any atom is -0.327 e. The van der Waals surface area contributed by atoms with Crippen LogP contribution >= 0.6 is 15.9 Å². The van der Waals surface area contributed by atoms with Gasteiger partial charge in [0.25, 0.3) is 0 Å². The topological polar surface area (TPSA) is 26.0 Å². The standard InChI is InChI=1S/C16H16BrF2N/c17-14-8-9-15(18)13(16(14)19)10-12(20)7-6-11-4-2-1-3-5-11/h1-5,8-9,12H,6-7,10,20H2. The van der Waals surface area contributed by atoms with Crippen LogP contribution in [0.1, 0.15) is 17.5 Å². The lowest BCUT2D eigenvalue weighted by Gasteiger charge is -2.13. The van der Waals surface area contributed by atoms with Crippen LogP contribution in [-0.2, 0) is 12.8 Å². The van der Waals surface area contributed by atoms with Crippen LogP contribution < -0.4 is 5.73 Å². The molecule has 0 amide bonds. The van der Waals surface area contributed by atoms with Gasteiger partial charge in [-0.05, 0) is 52.9 Å². The van der Waals surface area contributed by atoms with Gasteiger partial charge in [0, 0.05) is 11.6 Å². The molecule has 0 radical (unpaired) electrons. The van der Waals surface area contributed by atoms with E-state index in [1.165, 1.54) is 17.7 Å². The van der Waals surface area contributed by atoms with Crippen molar-refractivity contribution in [3.63, 3.8) is 0 Å². The molecular weight excluding hydrogens is 324 g/mol. The number of hydrogen-bond acceptors (Lipinski definition) is 1. The second-order valence-corrected chi connectivity index (χ2v) is 5.66. The van der Waals surface area contributed by atoms with Crippen molar-refractivity contribution in [3.8, 4) is 0 Å². The highest BCUT2D eigenvalue weighted by molar-refractivity contribution is 9.10. The van der Waals surface area contributed by atoms with Crippen LogP contribution in [0.3, 0.4) is 0 Å². The van der Waals surface area contributed by atoms with E-state index >= 15 is 0 Å². The third-order valence-corrected chi connectivity index (χ3v) is 3.86. The molecule has 0 aromatic heterocycles. The fourth-order valence-corrected chi connectivity index (χ4v) is 2.49. The van der Waals surface area contributed by atoms with Gasteiger partial charge in [-0.1, -0.05) is 30.3 Å². The molecule has 106 valence electrons. The Kier molecular flexibility index (Phi) is 5.26. The summed E-state index contributed by atoms with van der Waals surface area (Å²) in [6.45, 7) is 0. The summed E-state index contributed by atoms with van der Waals surface area (Å²) in [4.78, 5) is 0. The van der Waals surface area contributed by atoms with Gasteiger partial charge in [-0.15, -0.1) is 0 Å². The molecule has 0 saturated heterocycles. The molecule has 1 unspecified atom stereocenters. The third-order valence-electron chi connectivity index (χ3n) is 3.25. The molecule has 0 aliphatic carbocycles. The summed E-state index contributed by atoms with van der Waals surface area (Å²) in [7, 11) is 0. The maximum atomic E-state index is 13.8. The van der Waals surface area contributed by atoms with Gasteiger partial charge in [0.2, 0.25) is 0 Å². The summed E-state index contributed by atoms with van der Waals surface area (Å²) in [6.07, 6.45) is 1.69. The van der Waals surface area contributed by atoms with Gasteiger partial charge in [-0.25, -0.2) is 8.78 Å². The fraction of sp³-hybridized carbons (Fsp3) is 0.250. The van der Waals surface area contributed by atoms with E-state index in [1.807, 2.05) is 30.3 Å². The highest BCUT2D eigenvalue weighted by Gasteiger charge is 2.15. The van der Waals surface area contributed by atoms with E-state index in [1.54, 1.807) is 0 Å². The Labute approximate surface area is 125 Å². The van der Waals surface area contributed by atoms with E-state index in [0.29, 0.717) is 6.42 Å². The monoisotopic (exact) mass is 339 g/mol.